The number of nitrogens with zero attached hydrogens (tertiary/aromatic N) is 3. The van der Waals surface area contributed by atoms with Gasteiger partial charge in [0.15, 0.2) is 0 Å². The molecule has 2 atom stereocenters. The number of alkyl halides is 3. The lowest BCUT2D eigenvalue weighted by Gasteiger charge is -2.23. The molecular weight excluding hydrogens is 373 g/mol. The molecule has 0 radical (unpaired) electrons. The number of nitrogens with one attached hydrogen (secondary N) is 1. The maximum absolute atomic E-state index is 12.5. The molecule has 1 aromatic heterocycles. The van der Waals surface area contributed by atoms with E-state index >= 15 is 0 Å². The molecule has 1 amide bonds. The third-order valence-electron chi connectivity index (χ3n) is 5.29. The Labute approximate surface area is 159 Å². The molecule has 0 unspecified atom stereocenters. The maximum Gasteiger partial charge on any atom is 0.573 e. The van der Waals surface area contributed by atoms with Gasteiger partial charge in [-0.05, 0) is 37.5 Å². The number of carbonyl (C=O) groups is 1. The van der Waals surface area contributed by atoms with E-state index in [0.717, 1.165) is 12.8 Å². The first-order valence-corrected chi connectivity index (χ1v) is 8.98. The summed E-state index contributed by atoms with van der Waals surface area (Å²) in [5.74, 6) is 0.310. The highest BCUT2D eigenvalue weighted by atomic mass is 19.4. The van der Waals surface area contributed by atoms with Crippen molar-refractivity contribution in [1.82, 2.24) is 20.2 Å². The van der Waals surface area contributed by atoms with E-state index in [1.807, 2.05) is 0 Å². The van der Waals surface area contributed by atoms with Gasteiger partial charge in [0.2, 0.25) is 5.91 Å². The van der Waals surface area contributed by atoms with E-state index in [1.165, 1.54) is 18.2 Å². The first kappa shape index (κ1) is 18.7. The lowest BCUT2D eigenvalue weighted by atomic mass is 9.96. The van der Waals surface area contributed by atoms with Crippen LogP contribution in [0.25, 0.3) is 11.3 Å². The van der Waals surface area contributed by atoms with Crippen molar-refractivity contribution >= 4 is 5.91 Å². The molecule has 148 valence electrons. The average molecular weight is 392 g/mol. The molecule has 1 N–H and O–H groups in total. The van der Waals surface area contributed by atoms with Gasteiger partial charge in [-0.2, -0.15) is 0 Å². The molecule has 0 bridgehead atoms. The Morgan fingerprint density at radius 3 is 2.82 bits per heavy atom. The zero-order chi connectivity index (χ0) is 19.9. The number of hydrogen-bond acceptors (Lipinski definition) is 5. The summed E-state index contributed by atoms with van der Waals surface area (Å²) in [7, 11) is 1.79. The van der Waals surface area contributed by atoms with Crippen LogP contribution in [0.3, 0.4) is 0 Å². The molecule has 4 rings (SSSR count). The van der Waals surface area contributed by atoms with Crippen molar-refractivity contribution in [3.8, 4) is 17.0 Å². The van der Waals surface area contributed by atoms with Gasteiger partial charge in [-0.25, -0.2) is 9.97 Å². The topological polar surface area (TPSA) is 67.3 Å². The highest BCUT2D eigenvalue weighted by Gasteiger charge is 2.50. The van der Waals surface area contributed by atoms with E-state index in [2.05, 4.69) is 20.0 Å². The quantitative estimate of drug-likeness (QED) is 0.870. The summed E-state index contributed by atoms with van der Waals surface area (Å²) >= 11 is 0. The Hall–Kier alpha value is -2.68. The predicted molar refractivity (Wildman–Crippen MR) is 94.2 cm³/mol. The molecule has 9 heteroatoms. The molecule has 1 spiro atoms. The summed E-state index contributed by atoms with van der Waals surface area (Å²) in [6, 6.07) is 7.13. The van der Waals surface area contributed by atoms with Gasteiger partial charge in [-0.15, -0.1) is 13.2 Å². The van der Waals surface area contributed by atoms with Crippen LogP contribution in [-0.4, -0.2) is 46.3 Å². The fraction of sp³-hybridized carbons (Fsp3) is 0.421. The number of carbonyl (C=O) groups excluding carboxylic acids is 1. The molecule has 2 fully saturated rings. The van der Waals surface area contributed by atoms with Crippen molar-refractivity contribution in [1.29, 1.82) is 0 Å². The maximum atomic E-state index is 12.5. The Morgan fingerprint density at radius 2 is 2.11 bits per heavy atom. The summed E-state index contributed by atoms with van der Waals surface area (Å²) < 4.78 is 41.4. The van der Waals surface area contributed by atoms with Crippen LogP contribution >= 0.6 is 0 Å². The lowest BCUT2D eigenvalue weighted by molar-refractivity contribution is -0.274. The van der Waals surface area contributed by atoms with Gasteiger partial charge in [0.1, 0.15) is 17.1 Å². The first-order valence-electron chi connectivity index (χ1n) is 8.98. The van der Waals surface area contributed by atoms with Gasteiger partial charge < -0.3 is 9.64 Å². The highest BCUT2D eigenvalue weighted by molar-refractivity contribution is 5.88. The molecule has 0 aliphatic carbocycles. The monoisotopic (exact) mass is 392 g/mol. The largest absolute Gasteiger partial charge is 0.573 e. The van der Waals surface area contributed by atoms with Crippen molar-refractivity contribution in [3.63, 3.8) is 0 Å². The van der Waals surface area contributed by atoms with Crippen LogP contribution in [0.5, 0.6) is 5.75 Å². The van der Waals surface area contributed by atoms with Crippen LogP contribution in [0.1, 0.15) is 31.1 Å². The van der Waals surface area contributed by atoms with Crippen molar-refractivity contribution in [3.05, 3.63) is 42.4 Å². The molecular formula is C19H19F3N4O2. The summed E-state index contributed by atoms with van der Waals surface area (Å²) in [5, 5.41) is 3.39. The number of hydrogen-bond donors (Lipinski definition) is 1. The Kier molecular flexibility index (Phi) is 4.49. The second-order valence-corrected chi connectivity index (χ2v) is 7.17. The van der Waals surface area contributed by atoms with Gasteiger partial charge in [0, 0.05) is 25.4 Å². The van der Waals surface area contributed by atoms with E-state index in [4.69, 9.17) is 0 Å². The molecule has 2 aliphatic heterocycles. The van der Waals surface area contributed by atoms with Crippen molar-refractivity contribution in [2.24, 2.45) is 0 Å². The number of amides is 1. The minimum Gasteiger partial charge on any atom is -0.406 e. The molecule has 28 heavy (non-hydrogen) atoms. The molecule has 6 nitrogen and oxygen atoms in total. The number of ether oxygens (including phenoxy) is 1. The van der Waals surface area contributed by atoms with E-state index < -0.39 is 11.9 Å². The molecule has 1 aromatic carbocycles. The summed E-state index contributed by atoms with van der Waals surface area (Å²) in [6.07, 6.45) is -0.998. The third kappa shape index (κ3) is 3.54. The molecule has 2 aromatic rings. The van der Waals surface area contributed by atoms with Gasteiger partial charge in [-0.3, -0.25) is 10.1 Å². The second kappa shape index (κ2) is 6.73. The second-order valence-electron chi connectivity index (χ2n) is 7.17. The van der Waals surface area contributed by atoms with Gasteiger partial charge in [0.25, 0.3) is 0 Å². The van der Waals surface area contributed by atoms with Crippen LogP contribution < -0.4 is 10.1 Å². The van der Waals surface area contributed by atoms with Crippen molar-refractivity contribution in [2.45, 2.75) is 37.2 Å². The molecule has 3 heterocycles. The SMILES string of the molecule is CN1CC[C@]2(CC[C@@H](c3nccc(-c4cccc(OC(F)(F)F)c4)n3)N2)C1=O. The number of halogens is 3. The number of likely N-dealkylation sites (tertiary alicyclic amines) is 1. The summed E-state index contributed by atoms with van der Waals surface area (Å²) in [4.78, 5) is 23.0. The summed E-state index contributed by atoms with van der Waals surface area (Å²) in [6.45, 7) is 0.714. The normalized spacial score (nSPS) is 24.9. The number of rotatable bonds is 3. The van der Waals surface area contributed by atoms with Gasteiger partial charge in [-0.1, -0.05) is 12.1 Å². The third-order valence-corrected chi connectivity index (χ3v) is 5.29. The fourth-order valence-corrected chi connectivity index (χ4v) is 3.92. The lowest BCUT2D eigenvalue weighted by Crippen LogP contribution is -2.47. The van der Waals surface area contributed by atoms with Crippen molar-refractivity contribution < 1.29 is 22.7 Å². The standard InChI is InChI=1S/C19H19F3N4O2/c1-26-10-8-18(17(26)27)7-5-15(25-18)16-23-9-6-14(24-16)12-3-2-4-13(11-12)28-19(20,21)22/h2-4,6,9,11,15,25H,5,7-8,10H2,1H3/t15-,18+/m0/s1. The minimum absolute atomic E-state index is 0.0863. The smallest absolute Gasteiger partial charge is 0.406 e. The van der Waals surface area contributed by atoms with Crippen LogP contribution in [0.15, 0.2) is 36.5 Å². The van der Waals surface area contributed by atoms with Crippen LogP contribution in [0.2, 0.25) is 0 Å². The molecule has 2 saturated heterocycles. The number of aromatic nitrogens is 2. The Morgan fingerprint density at radius 1 is 1.29 bits per heavy atom. The van der Waals surface area contributed by atoms with E-state index in [1.54, 1.807) is 30.3 Å². The minimum atomic E-state index is -4.75. The zero-order valence-electron chi connectivity index (χ0n) is 15.2. The van der Waals surface area contributed by atoms with Crippen LogP contribution in [-0.2, 0) is 4.79 Å². The number of likely N-dealkylation sites (N-methyl/N-ethyl adjacent to an activating group) is 1. The van der Waals surface area contributed by atoms with E-state index in [9.17, 15) is 18.0 Å². The van der Waals surface area contributed by atoms with Crippen molar-refractivity contribution in [2.75, 3.05) is 13.6 Å². The van der Waals surface area contributed by atoms with Gasteiger partial charge in [0.05, 0.1) is 11.7 Å². The molecule has 2 aliphatic rings. The first-order chi connectivity index (χ1) is 13.3. The average Bonchev–Trinajstić information content (AvgIpc) is 3.21. The summed E-state index contributed by atoms with van der Waals surface area (Å²) in [5.41, 5.74) is 0.434. The van der Waals surface area contributed by atoms with E-state index in [0.29, 0.717) is 30.0 Å². The predicted octanol–water partition coefficient (Wildman–Crippen LogP) is 3.07. The molecule has 0 saturated carbocycles. The Bertz CT molecular complexity index is 905. The number of benzene rings is 1. The highest BCUT2D eigenvalue weighted by Crippen LogP contribution is 2.38. The van der Waals surface area contributed by atoms with Crippen LogP contribution in [0, 0.1) is 0 Å². The Balaban J connectivity index is 1.56. The van der Waals surface area contributed by atoms with Crippen LogP contribution in [0.4, 0.5) is 13.2 Å². The zero-order valence-corrected chi connectivity index (χ0v) is 15.2. The van der Waals surface area contributed by atoms with E-state index in [-0.39, 0.29) is 17.7 Å². The van der Waals surface area contributed by atoms with Gasteiger partial charge >= 0.3 is 6.36 Å². The fourth-order valence-electron chi connectivity index (χ4n) is 3.92.